The zero-order valence-corrected chi connectivity index (χ0v) is 23.2. The van der Waals surface area contributed by atoms with Crippen molar-refractivity contribution in [1.29, 1.82) is 0 Å². The van der Waals surface area contributed by atoms with Crippen molar-refractivity contribution in [2.45, 2.75) is 9.79 Å². The first-order valence-corrected chi connectivity index (χ1v) is 14.8. The maximum Gasteiger partial charge on any atom is 0.0207 e. The normalized spacial score (nSPS) is 11.8. The molecule has 0 bridgehead atoms. The van der Waals surface area contributed by atoms with Gasteiger partial charge < -0.3 is 0 Å². The predicted molar refractivity (Wildman–Crippen MR) is 175 cm³/mol. The quantitative estimate of drug-likeness (QED) is 0.215. The highest BCUT2D eigenvalue weighted by Gasteiger charge is 2.22. The van der Waals surface area contributed by atoms with Crippen molar-refractivity contribution in [1.82, 2.24) is 0 Å². The summed E-state index contributed by atoms with van der Waals surface area (Å²) in [4.78, 5) is 2.65. The van der Waals surface area contributed by atoms with Crippen LogP contribution in [0.3, 0.4) is 0 Å². The van der Waals surface area contributed by atoms with Crippen LogP contribution in [0.2, 0.25) is 0 Å². The van der Waals surface area contributed by atoms with E-state index in [1.54, 1.807) is 0 Å². The average molecular weight is 539 g/mol. The summed E-state index contributed by atoms with van der Waals surface area (Å²) < 4.78 is 0. The molecule has 0 aromatic heterocycles. The largest absolute Gasteiger partial charge is 0.0888 e. The lowest BCUT2D eigenvalue weighted by molar-refractivity contribution is 1.40. The van der Waals surface area contributed by atoms with Gasteiger partial charge in [0.1, 0.15) is 0 Å². The van der Waals surface area contributed by atoms with Crippen LogP contribution in [-0.2, 0) is 0 Å². The van der Waals surface area contributed by atoms with Gasteiger partial charge in [0.05, 0.1) is 0 Å². The van der Waals surface area contributed by atoms with Gasteiger partial charge in [-0.2, -0.15) is 0 Å². The molecule has 1 heterocycles. The third-order valence-electron chi connectivity index (χ3n) is 8.14. The van der Waals surface area contributed by atoms with Gasteiger partial charge in [-0.3, -0.25) is 0 Å². The highest BCUT2D eigenvalue weighted by atomic mass is 32.2. The zero-order chi connectivity index (χ0) is 27.2. The second-order valence-corrected chi connectivity index (χ2v) is 11.5. The monoisotopic (exact) mass is 538 g/mol. The van der Waals surface area contributed by atoms with Crippen LogP contribution in [0.15, 0.2) is 168 Å². The Labute approximate surface area is 245 Å². The maximum absolute atomic E-state index is 2.32. The summed E-state index contributed by atoms with van der Waals surface area (Å²) in [6.45, 7) is 0. The number of fused-ring (bicyclic) bond motifs is 2. The fraction of sp³-hybridized carbons (Fsp3) is 0. The van der Waals surface area contributed by atoms with Crippen LogP contribution < -0.4 is 0 Å². The molecule has 0 atom stereocenters. The molecule has 0 unspecified atom stereocenters. The van der Waals surface area contributed by atoms with Gasteiger partial charge in [0, 0.05) is 15.2 Å². The Bertz CT molecular complexity index is 2070. The van der Waals surface area contributed by atoms with Crippen LogP contribution in [0.4, 0.5) is 0 Å². The molecule has 0 saturated heterocycles. The van der Waals surface area contributed by atoms with Crippen molar-refractivity contribution in [3.05, 3.63) is 158 Å². The molecule has 7 aromatic rings. The third kappa shape index (κ3) is 4.01. The Kier molecular flexibility index (Phi) is 5.83. The van der Waals surface area contributed by atoms with Crippen molar-refractivity contribution in [2.75, 3.05) is 0 Å². The molecule has 0 aliphatic carbocycles. The molecular weight excluding hydrogens is 513 g/mol. The average Bonchev–Trinajstić information content (AvgIpc) is 3.05. The van der Waals surface area contributed by atoms with E-state index in [4.69, 9.17) is 0 Å². The van der Waals surface area contributed by atoms with E-state index in [2.05, 4.69) is 158 Å². The minimum absolute atomic E-state index is 1.23. The van der Waals surface area contributed by atoms with Crippen molar-refractivity contribution in [2.24, 2.45) is 0 Å². The van der Waals surface area contributed by atoms with Gasteiger partial charge in [-0.05, 0) is 73.2 Å². The second-order valence-electron chi connectivity index (χ2n) is 10.4. The van der Waals surface area contributed by atoms with E-state index >= 15 is 0 Å². The minimum atomic E-state index is 1.23. The molecule has 0 amide bonds. The Morgan fingerprint density at radius 3 is 1.41 bits per heavy atom. The summed E-state index contributed by atoms with van der Waals surface area (Å²) >= 11 is 1.88. The Morgan fingerprint density at radius 1 is 0.268 bits per heavy atom. The highest BCUT2D eigenvalue weighted by molar-refractivity contribution is 7.99. The number of benzene rings is 7. The molecule has 1 aliphatic rings. The summed E-state index contributed by atoms with van der Waals surface area (Å²) in [5.74, 6) is 0. The van der Waals surface area contributed by atoms with E-state index in [1.165, 1.54) is 76.2 Å². The number of rotatable bonds is 4. The molecule has 1 heteroatoms. The Balaban J connectivity index is 1.35. The standard InChI is InChI=1S/C40H26S/c1-2-13-27(14-3-1)28-15-4-5-16-29(28)30-17-6-7-18-31(30)32-19-8-9-20-33(32)34-25-26-39-40-36(34)22-12-23-37(40)35-21-10-11-24-38(35)41-39/h1-26H. The van der Waals surface area contributed by atoms with E-state index in [0.29, 0.717) is 0 Å². The van der Waals surface area contributed by atoms with Gasteiger partial charge in [-0.1, -0.05) is 157 Å². The Hall–Kier alpha value is -4.85. The van der Waals surface area contributed by atoms with Crippen LogP contribution in [0, 0.1) is 0 Å². The minimum Gasteiger partial charge on any atom is -0.0888 e. The summed E-state index contributed by atoms with van der Waals surface area (Å²) in [6.07, 6.45) is 0. The van der Waals surface area contributed by atoms with Gasteiger partial charge in [0.2, 0.25) is 0 Å². The number of hydrogen-bond donors (Lipinski definition) is 0. The van der Waals surface area contributed by atoms with E-state index < -0.39 is 0 Å². The van der Waals surface area contributed by atoms with Crippen LogP contribution in [0.5, 0.6) is 0 Å². The first-order valence-electron chi connectivity index (χ1n) is 14.0. The number of hydrogen-bond acceptors (Lipinski definition) is 1. The molecule has 0 saturated carbocycles. The molecule has 8 rings (SSSR count). The molecule has 0 spiro atoms. The van der Waals surface area contributed by atoms with Crippen molar-refractivity contribution < 1.29 is 0 Å². The van der Waals surface area contributed by atoms with Gasteiger partial charge in [-0.15, -0.1) is 0 Å². The smallest absolute Gasteiger partial charge is 0.0207 e. The SMILES string of the molecule is c1ccc(-c2ccccc2-c2ccccc2-c2ccccc2-c2ccc3c4c(cccc24)-c2ccccc2S3)cc1. The molecule has 41 heavy (non-hydrogen) atoms. The Morgan fingerprint density at radius 2 is 0.756 bits per heavy atom. The topological polar surface area (TPSA) is 0 Å². The van der Waals surface area contributed by atoms with Gasteiger partial charge in [0.25, 0.3) is 0 Å². The van der Waals surface area contributed by atoms with Crippen LogP contribution in [0.25, 0.3) is 66.4 Å². The van der Waals surface area contributed by atoms with Gasteiger partial charge in [0.15, 0.2) is 0 Å². The maximum atomic E-state index is 2.32. The third-order valence-corrected chi connectivity index (χ3v) is 9.27. The molecular formula is C40H26S. The predicted octanol–water partition coefficient (Wildman–Crippen LogP) is 11.6. The van der Waals surface area contributed by atoms with Crippen molar-refractivity contribution >= 4 is 22.5 Å². The van der Waals surface area contributed by atoms with Crippen LogP contribution >= 0.6 is 11.8 Å². The summed E-state index contributed by atoms with van der Waals surface area (Å²) in [5, 5.41) is 2.66. The van der Waals surface area contributed by atoms with Crippen LogP contribution in [-0.4, -0.2) is 0 Å². The van der Waals surface area contributed by atoms with E-state index in [1.807, 2.05) is 11.8 Å². The highest BCUT2D eigenvalue weighted by Crippen LogP contribution is 2.50. The van der Waals surface area contributed by atoms with E-state index in [9.17, 15) is 0 Å². The zero-order valence-electron chi connectivity index (χ0n) is 22.4. The van der Waals surface area contributed by atoms with Gasteiger partial charge >= 0.3 is 0 Å². The lowest BCUT2D eigenvalue weighted by Crippen LogP contribution is -1.95. The van der Waals surface area contributed by atoms with Gasteiger partial charge in [-0.25, -0.2) is 0 Å². The molecule has 1 aliphatic heterocycles. The molecule has 0 N–H and O–H groups in total. The first-order chi connectivity index (χ1) is 20.4. The molecule has 7 aromatic carbocycles. The molecule has 192 valence electrons. The summed E-state index contributed by atoms with van der Waals surface area (Å²) in [6, 6.07) is 57.4. The van der Waals surface area contributed by atoms with E-state index in [-0.39, 0.29) is 0 Å². The fourth-order valence-corrected chi connectivity index (χ4v) is 7.44. The lowest BCUT2D eigenvalue weighted by Gasteiger charge is -2.22. The van der Waals surface area contributed by atoms with Crippen molar-refractivity contribution in [3.8, 4) is 55.6 Å². The molecule has 0 fully saturated rings. The van der Waals surface area contributed by atoms with E-state index in [0.717, 1.165) is 0 Å². The molecule has 0 radical (unpaired) electrons. The summed E-state index contributed by atoms with van der Waals surface area (Å²) in [7, 11) is 0. The summed E-state index contributed by atoms with van der Waals surface area (Å²) in [5.41, 5.74) is 12.6. The molecule has 0 nitrogen and oxygen atoms in total. The fourth-order valence-electron chi connectivity index (χ4n) is 6.31. The second kappa shape index (κ2) is 9.96. The van der Waals surface area contributed by atoms with Crippen LogP contribution in [0.1, 0.15) is 0 Å². The first kappa shape index (κ1) is 24.0. The van der Waals surface area contributed by atoms with Crippen molar-refractivity contribution in [3.63, 3.8) is 0 Å². The lowest BCUT2D eigenvalue weighted by atomic mass is 9.85.